The van der Waals surface area contributed by atoms with Crippen LogP contribution in [0.1, 0.15) is 92.4 Å². The Bertz CT molecular complexity index is 398. The molecule has 2 unspecified atom stereocenters. The van der Waals surface area contributed by atoms with E-state index in [4.69, 9.17) is 14.2 Å². The molecule has 2 aliphatic heterocycles. The zero-order chi connectivity index (χ0) is 19.8. The monoisotopic (exact) mass is 383 g/mol. The van der Waals surface area contributed by atoms with Crippen molar-refractivity contribution in [2.75, 3.05) is 26.3 Å². The summed E-state index contributed by atoms with van der Waals surface area (Å²) in [5.74, 6) is 0.548. The molecule has 2 atom stereocenters. The van der Waals surface area contributed by atoms with Crippen molar-refractivity contribution >= 4 is 0 Å². The van der Waals surface area contributed by atoms with Gasteiger partial charge in [-0.15, -0.1) is 0 Å². The van der Waals surface area contributed by atoms with Gasteiger partial charge in [-0.2, -0.15) is 0 Å². The average molecular weight is 384 g/mol. The molecule has 1 aliphatic carbocycles. The standard InChI is InChI=1S/C20H37NO3.C3H8/c1-4-19(2,3)16-7-10-20(11-8-16)23-15-18(24-20)9-12-21-14-17-6-5-13-22-17;1-3-2/h16-18,21H,4-15H2,1-3H3;3H2,1-2H3. The van der Waals surface area contributed by atoms with Crippen LogP contribution in [0.15, 0.2) is 0 Å². The van der Waals surface area contributed by atoms with Crippen LogP contribution in [0, 0.1) is 11.3 Å². The Morgan fingerprint density at radius 3 is 2.33 bits per heavy atom. The summed E-state index contributed by atoms with van der Waals surface area (Å²) >= 11 is 0. The Hall–Kier alpha value is -0.160. The summed E-state index contributed by atoms with van der Waals surface area (Å²) in [6.07, 6.45) is 11.3. The molecule has 0 radical (unpaired) electrons. The van der Waals surface area contributed by atoms with Crippen molar-refractivity contribution in [3.63, 3.8) is 0 Å². The van der Waals surface area contributed by atoms with E-state index < -0.39 is 0 Å². The molecule has 1 saturated carbocycles. The highest BCUT2D eigenvalue weighted by Gasteiger charge is 2.46. The maximum Gasteiger partial charge on any atom is 0.168 e. The number of hydrogen-bond donors (Lipinski definition) is 1. The molecule has 0 bridgehead atoms. The lowest BCUT2D eigenvalue weighted by molar-refractivity contribution is -0.197. The van der Waals surface area contributed by atoms with Gasteiger partial charge >= 0.3 is 0 Å². The van der Waals surface area contributed by atoms with Gasteiger partial charge in [0, 0.05) is 26.0 Å². The summed E-state index contributed by atoms with van der Waals surface area (Å²) < 4.78 is 18.2. The van der Waals surface area contributed by atoms with Gasteiger partial charge in [-0.25, -0.2) is 0 Å². The molecule has 2 saturated heterocycles. The molecule has 3 aliphatic rings. The first-order chi connectivity index (χ1) is 12.9. The van der Waals surface area contributed by atoms with Crippen molar-refractivity contribution in [3.05, 3.63) is 0 Å². The van der Waals surface area contributed by atoms with Crippen LogP contribution in [0.25, 0.3) is 0 Å². The highest BCUT2D eigenvalue weighted by atomic mass is 16.7. The Morgan fingerprint density at radius 1 is 1.04 bits per heavy atom. The maximum absolute atomic E-state index is 6.36. The maximum atomic E-state index is 6.36. The van der Waals surface area contributed by atoms with Crippen LogP contribution in [-0.2, 0) is 14.2 Å². The second-order valence-electron chi connectivity index (χ2n) is 9.41. The van der Waals surface area contributed by atoms with Gasteiger partial charge in [0.25, 0.3) is 0 Å². The summed E-state index contributed by atoms with van der Waals surface area (Å²) in [5.41, 5.74) is 0.450. The lowest BCUT2D eigenvalue weighted by Crippen LogP contribution is -2.39. The third-order valence-electron chi connectivity index (χ3n) is 6.72. The first-order valence-electron chi connectivity index (χ1n) is 11.6. The van der Waals surface area contributed by atoms with Crippen molar-refractivity contribution in [1.82, 2.24) is 5.32 Å². The fraction of sp³-hybridized carbons (Fsp3) is 1.00. The van der Waals surface area contributed by atoms with E-state index in [1.165, 1.54) is 38.5 Å². The van der Waals surface area contributed by atoms with Gasteiger partial charge in [0.15, 0.2) is 5.79 Å². The molecule has 1 spiro atoms. The summed E-state index contributed by atoms with van der Waals surface area (Å²) in [5, 5.41) is 3.52. The first kappa shape index (κ1) is 23.1. The van der Waals surface area contributed by atoms with E-state index in [0.29, 0.717) is 11.5 Å². The number of hydrogen-bond acceptors (Lipinski definition) is 4. The van der Waals surface area contributed by atoms with E-state index in [0.717, 1.165) is 51.5 Å². The van der Waals surface area contributed by atoms with Crippen LogP contribution in [0.3, 0.4) is 0 Å². The molecule has 3 fully saturated rings. The Balaban J connectivity index is 0.000000817. The molecule has 1 N–H and O–H groups in total. The third-order valence-corrected chi connectivity index (χ3v) is 6.72. The van der Waals surface area contributed by atoms with Gasteiger partial charge in [0.2, 0.25) is 0 Å². The van der Waals surface area contributed by atoms with E-state index in [1.54, 1.807) is 0 Å². The fourth-order valence-electron chi connectivity index (χ4n) is 4.48. The molecular weight excluding hydrogens is 338 g/mol. The van der Waals surface area contributed by atoms with Gasteiger partial charge in [-0.05, 0) is 50.0 Å². The molecule has 160 valence electrons. The fourth-order valence-corrected chi connectivity index (χ4v) is 4.48. The normalized spacial score (nSPS) is 33.9. The average Bonchev–Trinajstić information content (AvgIpc) is 3.30. The second kappa shape index (κ2) is 11.1. The smallest absolute Gasteiger partial charge is 0.168 e. The molecule has 0 aromatic heterocycles. The van der Waals surface area contributed by atoms with E-state index >= 15 is 0 Å². The number of rotatable bonds is 7. The molecule has 27 heavy (non-hydrogen) atoms. The van der Waals surface area contributed by atoms with Crippen LogP contribution in [-0.4, -0.2) is 44.3 Å². The quantitative estimate of drug-likeness (QED) is 0.606. The zero-order valence-electron chi connectivity index (χ0n) is 18.6. The minimum absolute atomic E-state index is 0.262. The van der Waals surface area contributed by atoms with E-state index in [2.05, 4.69) is 39.9 Å². The van der Waals surface area contributed by atoms with Gasteiger partial charge in [-0.3, -0.25) is 0 Å². The lowest BCUT2D eigenvalue weighted by Gasteiger charge is -2.42. The molecule has 0 aromatic carbocycles. The highest BCUT2D eigenvalue weighted by molar-refractivity contribution is 4.89. The van der Waals surface area contributed by atoms with E-state index in [-0.39, 0.29) is 11.9 Å². The first-order valence-corrected chi connectivity index (χ1v) is 11.6. The Labute approximate surface area is 168 Å². The molecule has 4 nitrogen and oxygen atoms in total. The highest BCUT2D eigenvalue weighted by Crippen LogP contribution is 2.47. The van der Waals surface area contributed by atoms with E-state index in [1.807, 2.05) is 0 Å². The third kappa shape index (κ3) is 6.99. The number of nitrogens with one attached hydrogen (secondary N) is 1. The van der Waals surface area contributed by atoms with Crippen molar-refractivity contribution in [3.8, 4) is 0 Å². The van der Waals surface area contributed by atoms with Gasteiger partial charge in [-0.1, -0.05) is 47.5 Å². The molecule has 3 rings (SSSR count). The topological polar surface area (TPSA) is 39.7 Å². The summed E-state index contributed by atoms with van der Waals surface area (Å²) in [4.78, 5) is 0. The van der Waals surface area contributed by atoms with Crippen LogP contribution in [0.2, 0.25) is 0 Å². The SMILES string of the molecule is CCC.CCC(C)(C)C1CCC2(CC1)OCC(CCNCC1CCCO1)O2. The van der Waals surface area contributed by atoms with Crippen molar-refractivity contribution in [2.24, 2.45) is 11.3 Å². The van der Waals surface area contributed by atoms with Crippen LogP contribution in [0.4, 0.5) is 0 Å². The largest absolute Gasteiger partial charge is 0.377 e. The predicted octanol–water partition coefficient (Wildman–Crippen LogP) is 5.30. The summed E-state index contributed by atoms with van der Waals surface area (Å²) in [7, 11) is 0. The van der Waals surface area contributed by atoms with Gasteiger partial charge < -0.3 is 19.5 Å². The van der Waals surface area contributed by atoms with Gasteiger partial charge in [0.1, 0.15) is 0 Å². The molecule has 0 aromatic rings. The molecule has 4 heteroatoms. The van der Waals surface area contributed by atoms with Crippen LogP contribution >= 0.6 is 0 Å². The molecular formula is C23H45NO3. The minimum Gasteiger partial charge on any atom is -0.377 e. The minimum atomic E-state index is -0.264. The molecule has 0 amide bonds. The summed E-state index contributed by atoms with van der Waals surface area (Å²) in [6, 6.07) is 0. The zero-order valence-corrected chi connectivity index (χ0v) is 18.6. The second-order valence-corrected chi connectivity index (χ2v) is 9.41. The Morgan fingerprint density at radius 2 is 1.74 bits per heavy atom. The van der Waals surface area contributed by atoms with Gasteiger partial charge in [0.05, 0.1) is 18.8 Å². The summed E-state index contributed by atoms with van der Waals surface area (Å²) in [6.45, 7) is 15.1. The van der Waals surface area contributed by atoms with E-state index in [9.17, 15) is 0 Å². The van der Waals surface area contributed by atoms with Crippen molar-refractivity contribution < 1.29 is 14.2 Å². The van der Waals surface area contributed by atoms with Crippen molar-refractivity contribution in [1.29, 1.82) is 0 Å². The van der Waals surface area contributed by atoms with Crippen LogP contribution < -0.4 is 5.32 Å². The van der Waals surface area contributed by atoms with Crippen LogP contribution in [0.5, 0.6) is 0 Å². The van der Waals surface area contributed by atoms with Crippen molar-refractivity contribution in [2.45, 2.75) is 110 Å². The lowest BCUT2D eigenvalue weighted by atomic mass is 9.68. The predicted molar refractivity (Wildman–Crippen MR) is 112 cm³/mol. The Kier molecular flexibility index (Phi) is 9.54. The molecule has 2 heterocycles. The number of ether oxygens (including phenoxy) is 3.